The van der Waals surface area contributed by atoms with Crippen LogP contribution in [0, 0.1) is 10.1 Å². The second-order valence-corrected chi connectivity index (χ2v) is 6.80. The number of para-hydroxylation sites is 1. The Morgan fingerprint density at radius 2 is 1.81 bits per heavy atom. The first-order valence-corrected chi connectivity index (χ1v) is 9.38. The van der Waals surface area contributed by atoms with E-state index in [0.29, 0.717) is 22.8 Å². The SMILES string of the molecule is O=[N+]([O-])c1ncn(Cn2ccc(-c3nc4c5cnn(-c6ccccc6)c5ncn4n3)n2)n1. The normalized spacial score (nSPS) is 11.5. The standard InChI is InChI=1S/C18H12N12O2/c31-30(32)18-20-9-27(25-18)11-26-7-6-14(23-26)15-22-17-13-8-21-29(12-4-2-1-3-5-12)16(13)19-10-28(17)24-15/h1-10H,11H2. The quantitative estimate of drug-likeness (QED) is 0.292. The average molecular weight is 428 g/mol. The molecule has 0 saturated carbocycles. The lowest BCUT2D eigenvalue weighted by molar-refractivity contribution is -0.394. The molecule has 0 fully saturated rings. The predicted octanol–water partition coefficient (Wildman–Crippen LogP) is 1.33. The van der Waals surface area contributed by atoms with Gasteiger partial charge in [-0.25, -0.2) is 23.8 Å². The highest BCUT2D eigenvalue weighted by molar-refractivity contribution is 5.89. The van der Waals surface area contributed by atoms with Crippen LogP contribution in [0.25, 0.3) is 33.9 Å². The van der Waals surface area contributed by atoms with Gasteiger partial charge >= 0.3 is 5.95 Å². The largest absolute Gasteiger partial charge is 0.491 e. The molecule has 0 amide bonds. The fraction of sp³-hybridized carbons (Fsp3) is 0.0556. The zero-order valence-electron chi connectivity index (χ0n) is 16.2. The molecule has 14 nitrogen and oxygen atoms in total. The first-order chi connectivity index (χ1) is 15.7. The maximum atomic E-state index is 10.7. The number of nitro groups is 1. The van der Waals surface area contributed by atoms with Gasteiger partial charge in [0.05, 0.1) is 17.3 Å². The molecule has 5 heterocycles. The van der Waals surface area contributed by atoms with Gasteiger partial charge in [0, 0.05) is 11.3 Å². The second kappa shape index (κ2) is 6.76. The van der Waals surface area contributed by atoms with E-state index in [1.165, 1.54) is 11.0 Å². The Kier molecular flexibility index (Phi) is 3.76. The van der Waals surface area contributed by atoms with E-state index in [-0.39, 0.29) is 6.67 Å². The van der Waals surface area contributed by atoms with Crippen molar-refractivity contribution in [3.8, 4) is 17.2 Å². The number of nitrogens with zero attached hydrogens (tertiary/aromatic N) is 12. The van der Waals surface area contributed by atoms with E-state index in [1.54, 1.807) is 38.7 Å². The molecule has 156 valence electrons. The Labute approximate surface area is 177 Å². The number of rotatable bonds is 5. The van der Waals surface area contributed by atoms with Crippen LogP contribution in [0.2, 0.25) is 0 Å². The van der Waals surface area contributed by atoms with Gasteiger partial charge in [-0.2, -0.15) is 14.9 Å². The molecule has 32 heavy (non-hydrogen) atoms. The van der Waals surface area contributed by atoms with E-state index in [2.05, 4.69) is 35.3 Å². The number of benzene rings is 1. The van der Waals surface area contributed by atoms with E-state index in [0.717, 1.165) is 11.1 Å². The first kappa shape index (κ1) is 17.8. The fourth-order valence-electron chi connectivity index (χ4n) is 3.33. The summed E-state index contributed by atoms with van der Waals surface area (Å²) in [4.78, 5) is 22.8. The molecule has 0 aliphatic rings. The summed E-state index contributed by atoms with van der Waals surface area (Å²) in [7, 11) is 0. The van der Waals surface area contributed by atoms with Gasteiger partial charge in [0.1, 0.15) is 12.0 Å². The van der Waals surface area contributed by atoms with Crippen molar-refractivity contribution in [2.45, 2.75) is 6.67 Å². The molecule has 0 N–H and O–H groups in total. The van der Waals surface area contributed by atoms with Gasteiger partial charge in [0.2, 0.25) is 12.2 Å². The summed E-state index contributed by atoms with van der Waals surface area (Å²) in [6.07, 6.45) is 6.27. The van der Waals surface area contributed by atoms with Crippen molar-refractivity contribution < 1.29 is 4.92 Å². The minimum atomic E-state index is -0.652. The van der Waals surface area contributed by atoms with E-state index in [1.807, 2.05) is 30.3 Å². The highest BCUT2D eigenvalue weighted by atomic mass is 16.6. The molecule has 0 saturated heterocycles. The van der Waals surface area contributed by atoms with E-state index in [4.69, 9.17) is 0 Å². The number of hydrogen-bond acceptors (Lipinski definition) is 9. The molecular formula is C18H12N12O2. The second-order valence-electron chi connectivity index (χ2n) is 6.80. The van der Waals surface area contributed by atoms with Crippen molar-refractivity contribution in [1.29, 1.82) is 0 Å². The van der Waals surface area contributed by atoms with Crippen LogP contribution in [0.5, 0.6) is 0 Å². The number of hydrogen-bond donors (Lipinski definition) is 0. The van der Waals surface area contributed by atoms with Crippen molar-refractivity contribution in [2.75, 3.05) is 0 Å². The topological polar surface area (TPSA) is 153 Å². The number of aromatic nitrogens is 11. The van der Waals surface area contributed by atoms with Gasteiger partial charge in [-0.05, 0) is 23.1 Å². The molecule has 5 aromatic heterocycles. The van der Waals surface area contributed by atoms with Crippen molar-refractivity contribution in [3.05, 3.63) is 71.6 Å². The van der Waals surface area contributed by atoms with E-state index < -0.39 is 10.9 Å². The molecule has 0 aliphatic carbocycles. The summed E-state index contributed by atoms with van der Waals surface area (Å²) in [5.74, 6) is -0.0537. The average Bonchev–Trinajstić information content (AvgIpc) is 3.58. The lowest BCUT2D eigenvalue weighted by Gasteiger charge is -2.01. The van der Waals surface area contributed by atoms with Gasteiger partial charge in [-0.3, -0.25) is 0 Å². The summed E-state index contributed by atoms with van der Waals surface area (Å²) in [6.45, 7) is 0.157. The summed E-state index contributed by atoms with van der Waals surface area (Å²) in [5, 5.41) is 28.6. The minimum Gasteiger partial charge on any atom is -0.390 e. The maximum Gasteiger partial charge on any atom is 0.491 e. The third-order valence-electron chi connectivity index (χ3n) is 4.75. The van der Waals surface area contributed by atoms with Crippen LogP contribution in [-0.4, -0.2) is 58.8 Å². The molecule has 0 atom stereocenters. The summed E-state index contributed by atoms with van der Waals surface area (Å²) >= 11 is 0. The summed E-state index contributed by atoms with van der Waals surface area (Å²) in [5.41, 5.74) is 2.70. The third-order valence-corrected chi connectivity index (χ3v) is 4.75. The fourth-order valence-corrected chi connectivity index (χ4v) is 3.33. The first-order valence-electron chi connectivity index (χ1n) is 9.38. The van der Waals surface area contributed by atoms with E-state index >= 15 is 0 Å². The van der Waals surface area contributed by atoms with Crippen molar-refractivity contribution in [1.82, 2.24) is 53.9 Å². The monoisotopic (exact) mass is 428 g/mol. The van der Waals surface area contributed by atoms with Gasteiger partial charge < -0.3 is 10.1 Å². The van der Waals surface area contributed by atoms with Crippen LogP contribution in [0.15, 0.2) is 61.4 Å². The zero-order chi connectivity index (χ0) is 21.7. The number of fused-ring (bicyclic) bond motifs is 3. The summed E-state index contributed by atoms with van der Waals surface area (Å²) < 4.78 is 6.20. The third kappa shape index (κ3) is 2.85. The Morgan fingerprint density at radius 3 is 2.62 bits per heavy atom. The lowest BCUT2D eigenvalue weighted by atomic mass is 10.3. The van der Waals surface area contributed by atoms with E-state index in [9.17, 15) is 10.1 Å². The Balaban J connectivity index is 1.34. The molecule has 0 bridgehead atoms. The molecule has 6 rings (SSSR count). The highest BCUT2D eigenvalue weighted by Crippen LogP contribution is 2.22. The minimum absolute atomic E-state index is 0.157. The smallest absolute Gasteiger partial charge is 0.390 e. The van der Waals surface area contributed by atoms with Gasteiger partial charge in [0.15, 0.2) is 18.0 Å². The molecular weight excluding hydrogens is 416 g/mol. The maximum absolute atomic E-state index is 10.7. The summed E-state index contributed by atoms with van der Waals surface area (Å²) in [6, 6.07) is 11.5. The van der Waals surface area contributed by atoms with Gasteiger partial charge in [-0.15, -0.1) is 5.10 Å². The van der Waals surface area contributed by atoms with Crippen molar-refractivity contribution in [2.24, 2.45) is 0 Å². The van der Waals surface area contributed by atoms with Crippen LogP contribution in [0.1, 0.15) is 0 Å². The molecule has 0 radical (unpaired) electrons. The molecule has 1 aromatic carbocycles. The van der Waals surface area contributed by atoms with Crippen LogP contribution >= 0.6 is 0 Å². The zero-order valence-corrected chi connectivity index (χ0v) is 16.2. The Morgan fingerprint density at radius 1 is 0.938 bits per heavy atom. The molecule has 6 aromatic rings. The van der Waals surface area contributed by atoms with Crippen molar-refractivity contribution >= 4 is 22.6 Å². The van der Waals surface area contributed by atoms with Crippen LogP contribution in [-0.2, 0) is 6.67 Å². The highest BCUT2D eigenvalue weighted by Gasteiger charge is 2.17. The van der Waals surface area contributed by atoms with Crippen LogP contribution in [0.3, 0.4) is 0 Å². The van der Waals surface area contributed by atoms with Crippen molar-refractivity contribution in [3.63, 3.8) is 0 Å². The molecule has 0 unspecified atom stereocenters. The predicted molar refractivity (Wildman–Crippen MR) is 109 cm³/mol. The molecule has 0 aliphatic heterocycles. The van der Waals surface area contributed by atoms with Crippen LogP contribution in [0.4, 0.5) is 5.95 Å². The lowest BCUT2D eigenvalue weighted by Crippen LogP contribution is -2.09. The Bertz CT molecular complexity index is 1590. The van der Waals surface area contributed by atoms with Gasteiger partial charge in [-0.1, -0.05) is 23.2 Å². The Hall–Kier alpha value is -5.01. The van der Waals surface area contributed by atoms with Gasteiger partial charge in [0.25, 0.3) is 0 Å². The molecule has 0 spiro atoms. The van der Waals surface area contributed by atoms with Crippen LogP contribution < -0.4 is 0 Å². The molecule has 14 heteroatoms.